The highest BCUT2D eigenvalue weighted by molar-refractivity contribution is 9.10. The Morgan fingerprint density at radius 2 is 1.90 bits per heavy atom. The highest BCUT2D eigenvalue weighted by Crippen LogP contribution is 2.35. The Labute approximate surface area is 125 Å². The van der Waals surface area contributed by atoms with Gasteiger partial charge in [0, 0.05) is 28.6 Å². The Morgan fingerprint density at radius 3 is 2.75 bits per heavy atom. The largest absolute Gasteiger partial charge is 0.454 e. The molecule has 0 amide bonds. The molecule has 0 atom stereocenters. The van der Waals surface area contributed by atoms with Crippen LogP contribution in [0.1, 0.15) is 11.1 Å². The molecule has 2 heterocycles. The number of benzene rings is 2. The van der Waals surface area contributed by atoms with Crippen molar-refractivity contribution in [1.82, 2.24) is 0 Å². The maximum atomic E-state index is 5.46. The monoisotopic (exact) mass is 330 g/mol. The van der Waals surface area contributed by atoms with E-state index in [0.717, 1.165) is 28.9 Å². The average Bonchev–Trinajstić information content (AvgIpc) is 2.91. The van der Waals surface area contributed by atoms with E-state index in [1.165, 1.54) is 16.8 Å². The Bertz CT molecular complexity index is 724. The van der Waals surface area contributed by atoms with Crippen LogP contribution in [0.15, 0.2) is 40.9 Å². The lowest BCUT2D eigenvalue weighted by atomic mass is 10.0. The summed E-state index contributed by atoms with van der Waals surface area (Å²) in [5.74, 6) is 1.71. The van der Waals surface area contributed by atoms with Gasteiger partial charge in [-0.05, 0) is 23.8 Å². The van der Waals surface area contributed by atoms with Gasteiger partial charge in [-0.3, -0.25) is 0 Å². The molecule has 0 N–H and O–H groups in total. The quantitative estimate of drug-likeness (QED) is 0.746. The lowest BCUT2D eigenvalue weighted by molar-refractivity contribution is -0.436. The topological polar surface area (TPSA) is 21.5 Å². The smallest absolute Gasteiger partial charge is 0.231 e. The number of ether oxygens (including phenoxy) is 2. The molecule has 2 aromatic rings. The van der Waals surface area contributed by atoms with Gasteiger partial charge in [-0.2, -0.15) is 4.58 Å². The first kappa shape index (κ1) is 12.0. The van der Waals surface area contributed by atoms with Crippen LogP contribution in [0.3, 0.4) is 0 Å². The molecule has 0 radical (unpaired) electrons. The van der Waals surface area contributed by atoms with E-state index in [-0.39, 0.29) is 0 Å². The zero-order chi connectivity index (χ0) is 13.5. The highest BCUT2D eigenvalue weighted by atomic mass is 79.9. The van der Waals surface area contributed by atoms with E-state index >= 15 is 0 Å². The van der Waals surface area contributed by atoms with Gasteiger partial charge in [0.2, 0.25) is 12.5 Å². The maximum absolute atomic E-state index is 5.46. The predicted molar refractivity (Wildman–Crippen MR) is 80.4 cm³/mol. The van der Waals surface area contributed by atoms with E-state index in [9.17, 15) is 0 Å². The minimum atomic E-state index is 0.327. The molecule has 4 heteroatoms. The van der Waals surface area contributed by atoms with Gasteiger partial charge < -0.3 is 9.47 Å². The number of hydrogen-bond acceptors (Lipinski definition) is 2. The fourth-order valence-corrected chi connectivity index (χ4v) is 3.06. The van der Waals surface area contributed by atoms with Gasteiger partial charge in [0.1, 0.15) is 0 Å². The molecule has 0 saturated heterocycles. The van der Waals surface area contributed by atoms with Crippen molar-refractivity contribution in [2.24, 2.45) is 0 Å². The second-order valence-corrected chi connectivity index (χ2v) is 5.87. The third kappa shape index (κ3) is 2.00. The van der Waals surface area contributed by atoms with Gasteiger partial charge >= 0.3 is 0 Å². The van der Waals surface area contributed by atoms with Crippen LogP contribution in [-0.4, -0.2) is 24.1 Å². The molecular weight excluding hydrogens is 318 g/mol. The van der Waals surface area contributed by atoms with Crippen molar-refractivity contribution >= 4 is 27.8 Å². The zero-order valence-corrected chi connectivity index (χ0v) is 12.4. The number of nitrogens with zero attached hydrogens (tertiary/aromatic N) is 1. The van der Waals surface area contributed by atoms with E-state index in [0.29, 0.717) is 6.79 Å². The molecule has 20 heavy (non-hydrogen) atoms. The summed E-state index contributed by atoms with van der Waals surface area (Å²) in [6.07, 6.45) is 3.19. The molecule has 0 fully saturated rings. The van der Waals surface area contributed by atoms with Crippen LogP contribution in [-0.2, 0) is 6.42 Å². The Morgan fingerprint density at radius 1 is 1.05 bits per heavy atom. The standard InChI is InChI=1S/C16H13BrNO2/c17-13-2-1-3-14(8-13)18-5-4-11-6-15-16(20-10-19-15)7-12(11)9-18/h1-3,6-9H,4-5,10H2/q+1. The Hall–Kier alpha value is -1.81. The Balaban J connectivity index is 1.78. The predicted octanol–water partition coefficient (Wildman–Crippen LogP) is 3.50. The van der Waals surface area contributed by atoms with Crippen molar-refractivity contribution in [3.05, 3.63) is 52.0 Å². The molecule has 3 nitrogen and oxygen atoms in total. The lowest BCUT2D eigenvalue weighted by Gasteiger charge is -2.13. The third-order valence-corrected chi connectivity index (χ3v) is 4.18. The molecule has 100 valence electrons. The van der Waals surface area contributed by atoms with E-state index in [1.807, 2.05) is 6.07 Å². The fourth-order valence-electron chi connectivity index (χ4n) is 2.67. The maximum Gasteiger partial charge on any atom is 0.231 e. The van der Waals surface area contributed by atoms with Crippen molar-refractivity contribution in [3.63, 3.8) is 0 Å². The molecule has 0 unspecified atom stereocenters. The summed E-state index contributed by atoms with van der Waals surface area (Å²) in [6.45, 7) is 1.30. The summed E-state index contributed by atoms with van der Waals surface area (Å²) < 4.78 is 14.3. The molecule has 0 bridgehead atoms. The first-order valence-corrected chi connectivity index (χ1v) is 7.38. The van der Waals surface area contributed by atoms with Gasteiger partial charge in [-0.15, -0.1) is 0 Å². The number of halogens is 1. The second-order valence-electron chi connectivity index (χ2n) is 4.96. The van der Waals surface area contributed by atoms with Gasteiger partial charge in [0.15, 0.2) is 24.3 Å². The summed E-state index contributed by atoms with van der Waals surface area (Å²) in [5, 5.41) is 0. The van der Waals surface area contributed by atoms with Crippen molar-refractivity contribution < 1.29 is 14.0 Å². The number of fused-ring (bicyclic) bond motifs is 2. The summed E-state index contributed by atoms with van der Waals surface area (Å²) >= 11 is 3.52. The summed E-state index contributed by atoms with van der Waals surface area (Å²) in [6, 6.07) is 12.5. The van der Waals surface area contributed by atoms with Crippen molar-refractivity contribution in [2.75, 3.05) is 13.3 Å². The summed E-state index contributed by atoms with van der Waals surface area (Å²) in [7, 11) is 0. The highest BCUT2D eigenvalue weighted by Gasteiger charge is 2.23. The van der Waals surface area contributed by atoms with Gasteiger partial charge in [0.25, 0.3) is 0 Å². The number of rotatable bonds is 1. The Kier molecular flexibility index (Phi) is 2.77. The molecule has 4 rings (SSSR count). The van der Waals surface area contributed by atoms with Crippen LogP contribution in [0, 0.1) is 0 Å². The minimum Gasteiger partial charge on any atom is -0.454 e. The van der Waals surface area contributed by atoms with E-state index in [2.05, 4.69) is 57.1 Å². The van der Waals surface area contributed by atoms with Crippen molar-refractivity contribution in [3.8, 4) is 11.5 Å². The van der Waals surface area contributed by atoms with Crippen LogP contribution < -0.4 is 9.47 Å². The fraction of sp³-hybridized carbons (Fsp3) is 0.188. The van der Waals surface area contributed by atoms with E-state index in [1.54, 1.807) is 0 Å². The normalized spacial score (nSPS) is 15.8. The minimum absolute atomic E-state index is 0.327. The zero-order valence-electron chi connectivity index (χ0n) is 10.8. The van der Waals surface area contributed by atoms with Crippen LogP contribution >= 0.6 is 15.9 Å². The average molecular weight is 331 g/mol. The number of hydrogen-bond donors (Lipinski definition) is 0. The molecule has 0 spiro atoms. The van der Waals surface area contributed by atoms with E-state index < -0.39 is 0 Å². The van der Waals surface area contributed by atoms with E-state index in [4.69, 9.17) is 9.47 Å². The SMILES string of the molecule is Brc1cccc([N+]2=Cc3cc4c(cc3CC2)OCO4)c1. The molecule has 2 aliphatic rings. The van der Waals surface area contributed by atoms with Gasteiger partial charge in [0.05, 0.1) is 0 Å². The molecule has 0 saturated carbocycles. The van der Waals surface area contributed by atoms with Crippen molar-refractivity contribution in [2.45, 2.75) is 6.42 Å². The van der Waals surface area contributed by atoms with Crippen molar-refractivity contribution in [1.29, 1.82) is 0 Å². The van der Waals surface area contributed by atoms with Crippen LogP contribution in [0.2, 0.25) is 0 Å². The summed E-state index contributed by atoms with van der Waals surface area (Å²) in [5.41, 5.74) is 3.73. The molecule has 0 aromatic heterocycles. The van der Waals surface area contributed by atoms with Crippen LogP contribution in [0.5, 0.6) is 11.5 Å². The first-order valence-electron chi connectivity index (χ1n) is 6.59. The third-order valence-electron chi connectivity index (χ3n) is 3.69. The molecular formula is C16H13BrNO2+. The first-order chi connectivity index (χ1) is 9.79. The second kappa shape index (κ2) is 4.63. The molecule has 0 aliphatic carbocycles. The molecule has 2 aliphatic heterocycles. The lowest BCUT2D eigenvalue weighted by Crippen LogP contribution is -2.18. The van der Waals surface area contributed by atoms with Crippen LogP contribution in [0.4, 0.5) is 5.69 Å². The van der Waals surface area contributed by atoms with Crippen LogP contribution in [0.25, 0.3) is 0 Å². The van der Waals surface area contributed by atoms with Gasteiger partial charge in [-0.25, -0.2) is 0 Å². The molecule has 2 aromatic carbocycles. The van der Waals surface area contributed by atoms with Gasteiger partial charge in [-0.1, -0.05) is 22.0 Å². The summed E-state index contributed by atoms with van der Waals surface area (Å²) in [4.78, 5) is 0.